The molecule has 7 heteroatoms. The average molecular weight is 300 g/mol. The number of hydrogen-bond donors (Lipinski definition) is 0. The number of benzene rings is 1. The summed E-state index contributed by atoms with van der Waals surface area (Å²) in [5.74, 6) is -1.85. The summed E-state index contributed by atoms with van der Waals surface area (Å²) in [6, 6.07) is 4.88. The Kier molecular flexibility index (Phi) is 4.11. The minimum Gasteiger partial charge on any atom is -0.325 e. The molecule has 1 fully saturated rings. The third-order valence-corrected chi connectivity index (χ3v) is 3.63. The molecular weight excluding hydrogens is 290 g/mol. The number of hydrogen-bond acceptors (Lipinski definition) is 5. The van der Waals surface area contributed by atoms with Crippen molar-refractivity contribution in [2.75, 3.05) is 6.26 Å². The molecule has 5 nitrogen and oxygen atoms in total. The fourth-order valence-electron chi connectivity index (χ4n) is 1.58. The van der Waals surface area contributed by atoms with Gasteiger partial charge in [0, 0.05) is 17.7 Å². The van der Waals surface area contributed by atoms with Gasteiger partial charge in [-0.15, -0.1) is 16.8 Å². The Morgan fingerprint density at radius 3 is 2.53 bits per heavy atom. The van der Waals surface area contributed by atoms with Crippen molar-refractivity contribution >= 4 is 41.1 Å². The van der Waals surface area contributed by atoms with Gasteiger partial charge in [0.15, 0.2) is 0 Å². The van der Waals surface area contributed by atoms with E-state index in [0.717, 1.165) is 4.90 Å². The van der Waals surface area contributed by atoms with Gasteiger partial charge in [0.05, 0.1) is 10.6 Å². The first kappa shape index (κ1) is 13.9. The van der Waals surface area contributed by atoms with E-state index in [1.165, 1.54) is 11.8 Å². The summed E-state index contributed by atoms with van der Waals surface area (Å²) in [4.78, 5) is 40.3. The summed E-state index contributed by atoms with van der Waals surface area (Å²) in [7, 11) is 0. The lowest BCUT2D eigenvalue weighted by Gasteiger charge is -2.13. The Morgan fingerprint density at radius 2 is 1.95 bits per heavy atom. The van der Waals surface area contributed by atoms with E-state index in [1.807, 2.05) is 6.26 Å². The molecule has 1 saturated heterocycles. The second-order valence-electron chi connectivity index (χ2n) is 3.81. The van der Waals surface area contributed by atoms with Gasteiger partial charge in [-0.2, -0.15) is 0 Å². The zero-order valence-electron chi connectivity index (χ0n) is 10.0. The quantitative estimate of drug-likeness (QED) is 0.633. The van der Waals surface area contributed by atoms with Gasteiger partial charge in [0.2, 0.25) is 0 Å². The number of rotatable bonds is 3. The van der Waals surface area contributed by atoms with Crippen molar-refractivity contribution in [1.82, 2.24) is 5.06 Å². The smallest absolute Gasteiger partial charge is 0.325 e. The van der Waals surface area contributed by atoms with Crippen LogP contribution < -0.4 is 0 Å². The van der Waals surface area contributed by atoms with Gasteiger partial charge >= 0.3 is 5.97 Å². The van der Waals surface area contributed by atoms with Crippen LogP contribution in [0.1, 0.15) is 23.2 Å². The summed E-state index contributed by atoms with van der Waals surface area (Å²) < 4.78 is 0. The third kappa shape index (κ3) is 2.90. The van der Waals surface area contributed by atoms with Crippen LogP contribution in [0.3, 0.4) is 0 Å². The van der Waals surface area contributed by atoms with E-state index in [-0.39, 0.29) is 23.4 Å². The van der Waals surface area contributed by atoms with Crippen LogP contribution in [0.25, 0.3) is 0 Å². The number of hydroxylamine groups is 2. The van der Waals surface area contributed by atoms with Crippen molar-refractivity contribution in [3.05, 3.63) is 28.8 Å². The summed E-state index contributed by atoms with van der Waals surface area (Å²) >= 11 is 7.35. The number of carbonyl (C=O) groups excluding carboxylic acids is 3. The van der Waals surface area contributed by atoms with E-state index in [0.29, 0.717) is 5.06 Å². The van der Waals surface area contributed by atoms with Crippen LogP contribution in [0, 0.1) is 0 Å². The topological polar surface area (TPSA) is 63.7 Å². The van der Waals surface area contributed by atoms with Crippen LogP contribution in [0.5, 0.6) is 0 Å². The van der Waals surface area contributed by atoms with Gasteiger partial charge in [-0.25, -0.2) is 4.79 Å². The van der Waals surface area contributed by atoms with E-state index in [2.05, 4.69) is 0 Å². The van der Waals surface area contributed by atoms with Crippen molar-refractivity contribution in [2.24, 2.45) is 0 Å². The normalized spacial score (nSPS) is 14.9. The number of nitrogens with zero attached hydrogens (tertiary/aromatic N) is 1. The van der Waals surface area contributed by atoms with Crippen LogP contribution in [-0.4, -0.2) is 29.1 Å². The fourth-order valence-corrected chi connectivity index (χ4v) is 2.21. The first-order chi connectivity index (χ1) is 9.02. The molecule has 0 bridgehead atoms. The van der Waals surface area contributed by atoms with Crippen molar-refractivity contribution in [1.29, 1.82) is 0 Å². The minimum atomic E-state index is -0.815. The zero-order chi connectivity index (χ0) is 14.0. The van der Waals surface area contributed by atoms with Crippen LogP contribution in [0.15, 0.2) is 23.1 Å². The molecule has 1 heterocycles. The fraction of sp³-hybridized carbons (Fsp3) is 0.250. The molecule has 0 atom stereocenters. The highest BCUT2D eigenvalue weighted by Gasteiger charge is 2.33. The molecular formula is C12H10ClNO4S. The molecule has 0 spiro atoms. The van der Waals surface area contributed by atoms with Crippen LogP contribution >= 0.6 is 23.4 Å². The highest BCUT2D eigenvalue weighted by Crippen LogP contribution is 2.24. The van der Waals surface area contributed by atoms with E-state index in [1.54, 1.807) is 18.2 Å². The molecule has 1 aromatic rings. The molecule has 1 aliphatic rings. The monoisotopic (exact) mass is 299 g/mol. The SMILES string of the molecule is CSc1ccc(Cl)c(C(=O)ON2C(=O)CCC2=O)c1. The molecule has 1 aliphatic heterocycles. The largest absolute Gasteiger partial charge is 0.365 e. The first-order valence-corrected chi connectivity index (χ1v) is 7.05. The van der Waals surface area contributed by atoms with Gasteiger partial charge in [0.1, 0.15) is 0 Å². The number of amides is 2. The molecule has 2 amide bonds. The van der Waals surface area contributed by atoms with Crippen molar-refractivity contribution in [3.8, 4) is 0 Å². The van der Waals surface area contributed by atoms with Crippen LogP contribution in [-0.2, 0) is 14.4 Å². The molecule has 0 aromatic heterocycles. The summed E-state index contributed by atoms with van der Waals surface area (Å²) in [6.45, 7) is 0. The van der Waals surface area contributed by atoms with Crippen molar-refractivity contribution in [2.45, 2.75) is 17.7 Å². The maximum absolute atomic E-state index is 11.9. The second kappa shape index (κ2) is 5.63. The van der Waals surface area contributed by atoms with Gasteiger partial charge in [-0.05, 0) is 24.5 Å². The lowest BCUT2D eigenvalue weighted by atomic mass is 10.2. The maximum atomic E-state index is 11.9. The molecule has 0 saturated carbocycles. The lowest BCUT2D eigenvalue weighted by molar-refractivity contribution is -0.172. The van der Waals surface area contributed by atoms with E-state index >= 15 is 0 Å². The number of imide groups is 1. The Morgan fingerprint density at radius 1 is 1.32 bits per heavy atom. The molecule has 19 heavy (non-hydrogen) atoms. The zero-order valence-corrected chi connectivity index (χ0v) is 11.6. The average Bonchev–Trinajstić information content (AvgIpc) is 2.71. The lowest BCUT2D eigenvalue weighted by Crippen LogP contribution is -2.32. The maximum Gasteiger partial charge on any atom is 0.365 e. The van der Waals surface area contributed by atoms with Gasteiger partial charge in [0.25, 0.3) is 11.8 Å². The third-order valence-electron chi connectivity index (χ3n) is 2.57. The highest BCUT2D eigenvalue weighted by molar-refractivity contribution is 7.98. The molecule has 0 radical (unpaired) electrons. The van der Waals surface area contributed by atoms with Gasteiger partial charge in [-0.3, -0.25) is 9.59 Å². The van der Waals surface area contributed by atoms with Crippen molar-refractivity contribution in [3.63, 3.8) is 0 Å². The summed E-state index contributed by atoms with van der Waals surface area (Å²) in [5, 5.41) is 0.714. The Hall–Kier alpha value is -1.53. The molecule has 100 valence electrons. The highest BCUT2D eigenvalue weighted by atomic mass is 35.5. The predicted octanol–water partition coefficient (Wildman–Crippen LogP) is 2.28. The molecule has 2 rings (SSSR count). The number of halogens is 1. The standard InChI is InChI=1S/C12H10ClNO4S/c1-19-7-2-3-9(13)8(6-7)12(17)18-14-10(15)4-5-11(14)16/h2-3,6H,4-5H2,1H3. The van der Waals surface area contributed by atoms with E-state index in [4.69, 9.17) is 16.4 Å². The molecule has 0 unspecified atom stereocenters. The first-order valence-electron chi connectivity index (χ1n) is 5.44. The molecule has 1 aromatic carbocycles. The number of thioether (sulfide) groups is 1. The van der Waals surface area contributed by atoms with Crippen molar-refractivity contribution < 1.29 is 19.2 Å². The minimum absolute atomic E-state index is 0.0602. The second-order valence-corrected chi connectivity index (χ2v) is 5.09. The van der Waals surface area contributed by atoms with Crippen LogP contribution in [0.4, 0.5) is 0 Å². The van der Waals surface area contributed by atoms with Crippen LogP contribution in [0.2, 0.25) is 5.02 Å². The number of carbonyl (C=O) groups is 3. The molecule has 0 aliphatic carbocycles. The summed E-state index contributed by atoms with van der Waals surface area (Å²) in [6.07, 6.45) is 1.97. The molecule has 0 N–H and O–H groups in total. The van der Waals surface area contributed by atoms with E-state index in [9.17, 15) is 14.4 Å². The summed E-state index contributed by atoms with van der Waals surface area (Å²) in [5.41, 5.74) is 0.126. The Labute approximate surface area is 118 Å². The van der Waals surface area contributed by atoms with E-state index < -0.39 is 17.8 Å². The predicted molar refractivity (Wildman–Crippen MR) is 69.7 cm³/mol. The van der Waals surface area contributed by atoms with Gasteiger partial charge in [-0.1, -0.05) is 11.6 Å². The Bertz CT molecular complexity index is 545. The van der Waals surface area contributed by atoms with Gasteiger partial charge < -0.3 is 4.84 Å². The Balaban J connectivity index is 2.20.